The predicted octanol–water partition coefficient (Wildman–Crippen LogP) is 0.522. The van der Waals surface area contributed by atoms with Gasteiger partial charge in [-0.1, -0.05) is 11.6 Å². The van der Waals surface area contributed by atoms with Crippen molar-refractivity contribution >= 4 is 28.9 Å². The lowest BCUT2D eigenvalue weighted by molar-refractivity contribution is 0.100. The molecule has 116 valence electrons. The molecule has 1 aromatic rings. The van der Waals surface area contributed by atoms with E-state index in [0.29, 0.717) is 29.4 Å². The van der Waals surface area contributed by atoms with E-state index in [-0.39, 0.29) is 11.6 Å². The maximum atomic E-state index is 11.7. The average molecular weight is 313 g/mol. The number of hydrogen-bond donors (Lipinski definition) is 3. The quantitative estimate of drug-likeness (QED) is 0.705. The predicted molar refractivity (Wildman–Crippen MR) is 84.7 cm³/mol. The SMILES string of the molecule is CN(C)CC1CC(O)CN1c1c(Cl)cc(N)cc1C(N)=O. The molecule has 0 aliphatic carbocycles. The smallest absolute Gasteiger partial charge is 0.250 e. The molecule has 6 nitrogen and oxygen atoms in total. The number of carbonyl (C=O) groups is 1. The van der Waals surface area contributed by atoms with Gasteiger partial charge in [0.05, 0.1) is 22.4 Å². The first-order valence-corrected chi connectivity index (χ1v) is 7.15. The van der Waals surface area contributed by atoms with Crippen LogP contribution in [0.15, 0.2) is 12.1 Å². The third-order valence-electron chi connectivity index (χ3n) is 3.61. The van der Waals surface area contributed by atoms with E-state index in [9.17, 15) is 9.90 Å². The van der Waals surface area contributed by atoms with Crippen LogP contribution in [0.2, 0.25) is 5.02 Å². The van der Waals surface area contributed by atoms with Crippen LogP contribution in [0, 0.1) is 0 Å². The Morgan fingerprint density at radius 1 is 1.52 bits per heavy atom. The van der Waals surface area contributed by atoms with Crippen molar-refractivity contribution < 1.29 is 9.90 Å². The highest BCUT2D eigenvalue weighted by Gasteiger charge is 2.34. The Hall–Kier alpha value is -1.50. The molecule has 1 aliphatic rings. The minimum atomic E-state index is -0.579. The molecule has 0 spiro atoms. The fourth-order valence-electron chi connectivity index (χ4n) is 2.86. The number of β-amino-alcohol motifs (C(OH)–C–C–N with tert-alkyl or cyclic N) is 1. The Morgan fingerprint density at radius 3 is 2.76 bits per heavy atom. The lowest BCUT2D eigenvalue weighted by Crippen LogP contribution is -2.38. The van der Waals surface area contributed by atoms with Gasteiger partial charge in [0.2, 0.25) is 0 Å². The minimum absolute atomic E-state index is 0.0641. The summed E-state index contributed by atoms with van der Waals surface area (Å²) in [5.41, 5.74) is 12.4. The molecular weight excluding hydrogens is 292 g/mol. The van der Waals surface area contributed by atoms with Crippen molar-refractivity contribution in [3.8, 4) is 0 Å². The molecule has 1 heterocycles. The summed E-state index contributed by atoms with van der Waals surface area (Å²) in [6, 6.07) is 3.19. The Morgan fingerprint density at radius 2 is 2.19 bits per heavy atom. The second-order valence-corrected chi connectivity index (χ2v) is 6.13. The fraction of sp³-hybridized carbons (Fsp3) is 0.500. The second kappa shape index (κ2) is 6.09. The molecule has 5 N–H and O–H groups in total. The Labute approximate surface area is 129 Å². The topological polar surface area (TPSA) is 95.8 Å². The van der Waals surface area contributed by atoms with Gasteiger partial charge in [-0.25, -0.2) is 0 Å². The van der Waals surface area contributed by atoms with E-state index < -0.39 is 12.0 Å². The fourth-order valence-corrected chi connectivity index (χ4v) is 3.20. The highest BCUT2D eigenvalue weighted by Crippen LogP contribution is 2.36. The Kier molecular flexibility index (Phi) is 4.61. The molecule has 2 atom stereocenters. The number of carbonyl (C=O) groups excluding carboxylic acids is 1. The van der Waals surface area contributed by atoms with Gasteiger partial charge >= 0.3 is 0 Å². The van der Waals surface area contributed by atoms with Crippen molar-refractivity contribution in [2.24, 2.45) is 5.73 Å². The molecule has 2 unspecified atom stereocenters. The molecule has 1 aliphatic heterocycles. The maximum Gasteiger partial charge on any atom is 0.250 e. The number of hydrogen-bond acceptors (Lipinski definition) is 5. The number of aliphatic hydroxyl groups excluding tert-OH is 1. The number of rotatable bonds is 4. The van der Waals surface area contributed by atoms with Gasteiger partial charge < -0.3 is 26.4 Å². The van der Waals surface area contributed by atoms with E-state index in [1.807, 2.05) is 23.9 Å². The van der Waals surface area contributed by atoms with Gasteiger partial charge in [0.15, 0.2) is 0 Å². The third kappa shape index (κ3) is 3.40. The Balaban J connectivity index is 2.46. The molecule has 0 aromatic heterocycles. The van der Waals surface area contributed by atoms with Gasteiger partial charge in [-0.3, -0.25) is 4.79 Å². The van der Waals surface area contributed by atoms with E-state index in [0.717, 1.165) is 6.54 Å². The molecule has 0 bridgehead atoms. The number of halogens is 1. The molecule has 7 heteroatoms. The first-order chi connectivity index (χ1) is 9.79. The summed E-state index contributed by atoms with van der Waals surface area (Å²) >= 11 is 6.28. The van der Waals surface area contributed by atoms with Crippen molar-refractivity contribution in [2.45, 2.75) is 18.6 Å². The molecule has 1 aromatic carbocycles. The number of amides is 1. The highest BCUT2D eigenvalue weighted by atomic mass is 35.5. The number of benzene rings is 1. The van der Waals surface area contributed by atoms with E-state index in [1.54, 1.807) is 6.07 Å². The van der Waals surface area contributed by atoms with Crippen molar-refractivity contribution in [1.82, 2.24) is 4.90 Å². The summed E-state index contributed by atoms with van der Waals surface area (Å²) in [4.78, 5) is 15.7. The molecule has 0 saturated carbocycles. The lowest BCUT2D eigenvalue weighted by Gasteiger charge is -2.30. The number of likely N-dealkylation sites (N-methyl/N-ethyl adjacent to an activating group) is 1. The lowest BCUT2D eigenvalue weighted by atomic mass is 10.1. The highest BCUT2D eigenvalue weighted by molar-refractivity contribution is 6.34. The molecule has 0 radical (unpaired) electrons. The Bertz CT molecular complexity index is 550. The second-order valence-electron chi connectivity index (χ2n) is 5.72. The summed E-state index contributed by atoms with van der Waals surface area (Å²) in [5, 5.41) is 10.4. The number of primary amides is 1. The standard InChI is InChI=1S/C14H21ClN4O2/c1-18(2)6-9-5-10(20)7-19(9)13-11(14(17)21)3-8(16)4-12(13)15/h3-4,9-10,20H,5-7,16H2,1-2H3,(H2,17,21). The van der Waals surface area contributed by atoms with Crippen molar-refractivity contribution in [1.29, 1.82) is 0 Å². The third-order valence-corrected chi connectivity index (χ3v) is 3.89. The van der Waals surface area contributed by atoms with Crippen molar-refractivity contribution in [3.63, 3.8) is 0 Å². The van der Waals surface area contributed by atoms with Crippen LogP contribution in [0.1, 0.15) is 16.8 Å². The van der Waals surface area contributed by atoms with Gasteiger partial charge in [-0.05, 0) is 32.6 Å². The molecular formula is C14H21ClN4O2. The van der Waals surface area contributed by atoms with Gasteiger partial charge in [0.1, 0.15) is 0 Å². The number of anilines is 2. The van der Waals surface area contributed by atoms with Crippen LogP contribution in [-0.4, -0.2) is 55.2 Å². The largest absolute Gasteiger partial charge is 0.399 e. The minimum Gasteiger partial charge on any atom is -0.399 e. The van der Waals surface area contributed by atoms with Crippen LogP contribution < -0.4 is 16.4 Å². The number of nitrogens with zero attached hydrogens (tertiary/aromatic N) is 2. The molecule has 1 saturated heterocycles. The molecule has 2 rings (SSSR count). The summed E-state index contributed by atoms with van der Waals surface area (Å²) < 4.78 is 0. The maximum absolute atomic E-state index is 11.7. The van der Waals surface area contributed by atoms with E-state index in [2.05, 4.69) is 0 Å². The zero-order valence-electron chi connectivity index (χ0n) is 12.2. The van der Waals surface area contributed by atoms with Crippen molar-refractivity contribution in [3.05, 3.63) is 22.7 Å². The summed E-state index contributed by atoms with van der Waals surface area (Å²) in [6.07, 6.45) is 0.168. The van der Waals surface area contributed by atoms with E-state index >= 15 is 0 Å². The van der Waals surface area contributed by atoms with Gasteiger partial charge in [-0.15, -0.1) is 0 Å². The van der Waals surface area contributed by atoms with E-state index in [1.165, 1.54) is 6.07 Å². The van der Waals surface area contributed by atoms with Crippen LogP contribution in [0.5, 0.6) is 0 Å². The summed E-state index contributed by atoms with van der Waals surface area (Å²) in [5.74, 6) is -0.579. The van der Waals surface area contributed by atoms with Crippen LogP contribution in [0.3, 0.4) is 0 Å². The first kappa shape index (κ1) is 15.9. The number of nitrogens with two attached hydrogens (primary N) is 2. The van der Waals surface area contributed by atoms with Crippen LogP contribution in [0.25, 0.3) is 0 Å². The molecule has 1 amide bonds. The zero-order valence-corrected chi connectivity index (χ0v) is 13.0. The first-order valence-electron chi connectivity index (χ1n) is 6.78. The molecule has 21 heavy (non-hydrogen) atoms. The number of aliphatic hydroxyl groups is 1. The van der Waals surface area contributed by atoms with Crippen LogP contribution in [0.4, 0.5) is 11.4 Å². The zero-order chi connectivity index (χ0) is 15.7. The van der Waals surface area contributed by atoms with Crippen LogP contribution >= 0.6 is 11.6 Å². The average Bonchev–Trinajstić information content (AvgIpc) is 2.67. The summed E-state index contributed by atoms with van der Waals surface area (Å²) in [7, 11) is 3.92. The van der Waals surface area contributed by atoms with Gasteiger partial charge in [0.25, 0.3) is 5.91 Å². The monoisotopic (exact) mass is 312 g/mol. The number of nitrogen functional groups attached to an aromatic ring is 1. The normalized spacial score (nSPS) is 22.0. The van der Waals surface area contributed by atoms with Crippen molar-refractivity contribution in [2.75, 3.05) is 37.8 Å². The summed E-state index contributed by atoms with van der Waals surface area (Å²) in [6.45, 7) is 1.17. The van der Waals surface area contributed by atoms with E-state index in [4.69, 9.17) is 23.1 Å². The molecule has 1 fully saturated rings. The van der Waals surface area contributed by atoms with Gasteiger partial charge in [-0.2, -0.15) is 0 Å². The van der Waals surface area contributed by atoms with Crippen LogP contribution in [-0.2, 0) is 0 Å². The van der Waals surface area contributed by atoms with Gasteiger partial charge in [0, 0.05) is 24.8 Å².